The Hall–Kier alpha value is -1.06. The molecule has 0 unspecified atom stereocenters. The predicted octanol–water partition coefficient (Wildman–Crippen LogP) is 2.35. The molecule has 1 atom stereocenters. The number of hydrogen-bond donors (Lipinski definition) is 2. The lowest BCUT2D eigenvalue weighted by Gasteiger charge is -2.35. The van der Waals surface area contributed by atoms with Gasteiger partial charge in [-0.25, -0.2) is 0 Å². The molecule has 3 nitrogen and oxygen atoms in total. The van der Waals surface area contributed by atoms with E-state index in [4.69, 9.17) is 11.6 Å². The predicted molar refractivity (Wildman–Crippen MR) is 58.8 cm³/mol. The highest BCUT2D eigenvalue weighted by molar-refractivity contribution is 6.31. The molecule has 1 aliphatic heterocycles. The maximum absolute atomic E-state index is 11.7. The zero-order valence-corrected chi connectivity index (χ0v) is 9.30. The fourth-order valence-electron chi connectivity index (χ4n) is 1.67. The average Bonchev–Trinajstić information content (AvgIpc) is 2.15. The first-order valence-electron chi connectivity index (χ1n) is 4.72. The van der Waals surface area contributed by atoms with Crippen LogP contribution in [0, 0.1) is 5.41 Å². The number of hydrogen-bond acceptors (Lipinski definition) is 2. The van der Waals surface area contributed by atoms with E-state index in [1.165, 1.54) is 0 Å². The van der Waals surface area contributed by atoms with Gasteiger partial charge in [-0.15, -0.1) is 0 Å². The molecule has 0 aromatic heterocycles. The van der Waals surface area contributed by atoms with E-state index in [0.717, 1.165) is 0 Å². The number of benzene rings is 1. The van der Waals surface area contributed by atoms with Crippen LogP contribution in [0.15, 0.2) is 18.2 Å². The molecule has 2 rings (SSSR count). The Bertz CT molecular complexity index is 429. The molecule has 0 saturated carbocycles. The van der Waals surface area contributed by atoms with Crippen molar-refractivity contribution < 1.29 is 9.90 Å². The van der Waals surface area contributed by atoms with Crippen molar-refractivity contribution in [2.45, 2.75) is 20.0 Å². The van der Waals surface area contributed by atoms with E-state index in [0.29, 0.717) is 16.3 Å². The summed E-state index contributed by atoms with van der Waals surface area (Å²) in [4.78, 5) is 11.7. The van der Waals surface area contributed by atoms with Gasteiger partial charge in [-0.2, -0.15) is 0 Å². The highest BCUT2D eigenvalue weighted by atomic mass is 35.5. The largest absolute Gasteiger partial charge is 0.387 e. The lowest BCUT2D eigenvalue weighted by Crippen LogP contribution is -2.40. The van der Waals surface area contributed by atoms with E-state index >= 15 is 0 Å². The molecule has 0 saturated heterocycles. The number of halogens is 1. The molecule has 0 aliphatic carbocycles. The zero-order valence-electron chi connectivity index (χ0n) is 8.54. The third-order valence-corrected chi connectivity index (χ3v) is 3.06. The van der Waals surface area contributed by atoms with Crippen LogP contribution < -0.4 is 5.32 Å². The molecule has 0 spiro atoms. The second-order valence-corrected chi connectivity index (χ2v) is 4.75. The summed E-state index contributed by atoms with van der Waals surface area (Å²) in [5.74, 6) is -0.190. The van der Waals surface area contributed by atoms with Crippen LogP contribution in [0.2, 0.25) is 5.02 Å². The molecule has 0 fully saturated rings. The maximum Gasteiger partial charge on any atom is 0.233 e. The Morgan fingerprint density at radius 2 is 2.13 bits per heavy atom. The van der Waals surface area contributed by atoms with E-state index in [9.17, 15) is 9.90 Å². The van der Waals surface area contributed by atoms with Crippen LogP contribution in [-0.4, -0.2) is 11.0 Å². The fraction of sp³-hybridized carbons (Fsp3) is 0.364. The number of carbonyl (C=O) groups excluding carboxylic acids is 1. The van der Waals surface area contributed by atoms with Gasteiger partial charge in [0.15, 0.2) is 0 Å². The quantitative estimate of drug-likeness (QED) is 0.712. The van der Waals surface area contributed by atoms with E-state index in [2.05, 4.69) is 5.32 Å². The number of amides is 1. The SMILES string of the molecule is CC1(C)C(=O)Nc2cc(Cl)ccc2[C@@H]1O. The van der Waals surface area contributed by atoms with E-state index in [1.54, 1.807) is 32.0 Å². The minimum atomic E-state index is -0.805. The Morgan fingerprint density at radius 1 is 1.47 bits per heavy atom. The molecule has 4 heteroatoms. The first kappa shape index (κ1) is 10.5. The van der Waals surface area contributed by atoms with Gasteiger partial charge in [0.05, 0.1) is 11.5 Å². The van der Waals surface area contributed by atoms with Crippen molar-refractivity contribution in [3.8, 4) is 0 Å². The van der Waals surface area contributed by atoms with Crippen molar-refractivity contribution in [1.29, 1.82) is 0 Å². The molecule has 2 N–H and O–H groups in total. The first-order valence-corrected chi connectivity index (χ1v) is 5.09. The second-order valence-electron chi connectivity index (χ2n) is 4.31. The number of aliphatic hydroxyl groups is 1. The Balaban J connectivity index is 2.55. The summed E-state index contributed by atoms with van der Waals surface area (Å²) in [6.45, 7) is 3.43. The number of anilines is 1. The van der Waals surface area contributed by atoms with Crippen LogP contribution in [0.4, 0.5) is 5.69 Å². The molecule has 0 bridgehead atoms. The summed E-state index contributed by atoms with van der Waals surface area (Å²) >= 11 is 5.81. The molecular formula is C11H12ClNO2. The van der Waals surface area contributed by atoms with E-state index < -0.39 is 11.5 Å². The molecule has 1 aromatic rings. The van der Waals surface area contributed by atoms with Gasteiger partial charge < -0.3 is 10.4 Å². The first-order chi connectivity index (χ1) is 6.93. The number of fused-ring (bicyclic) bond motifs is 1. The lowest BCUT2D eigenvalue weighted by atomic mass is 9.78. The fourth-order valence-corrected chi connectivity index (χ4v) is 1.84. The molecule has 15 heavy (non-hydrogen) atoms. The normalized spacial score (nSPS) is 23.2. The Morgan fingerprint density at radius 3 is 2.80 bits per heavy atom. The van der Waals surface area contributed by atoms with Crippen molar-refractivity contribution in [1.82, 2.24) is 0 Å². The average molecular weight is 226 g/mol. The van der Waals surface area contributed by atoms with E-state index in [-0.39, 0.29) is 5.91 Å². The molecule has 80 valence electrons. The van der Waals surface area contributed by atoms with Crippen molar-refractivity contribution in [3.63, 3.8) is 0 Å². The Labute approximate surface area is 93.1 Å². The van der Waals surface area contributed by atoms with Gasteiger partial charge in [-0.1, -0.05) is 17.7 Å². The summed E-state index contributed by atoms with van der Waals surface area (Å²) in [5.41, 5.74) is 0.504. The summed E-state index contributed by atoms with van der Waals surface area (Å²) in [6, 6.07) is 5.09. The molecule has 1 amide bonds. The molecule has 0 radical (unpaired) electrons. The third-order valence-electron chi connectivity index (χ3n) is 2.83. The molecule has 1 aromatic carbocycles. The summed E-state index contributed by atoms with van der Waals surface area (Å²) in [6.07, 6.45) is -0.793. The number of aliphatic hydroxyl groups excluding tert-OH is 1. The molecule has 1 heterocycles. The van der Waals surface area contributed by atoms with Crippen molar-refractivity contribution in [2.24, 2.45) is 5.41 Å². The van der Waals surface area contributed by atoms with Gasteiger partial charge in [0.1, 0.15) is 0 Å². The van der Waals surface area contributed by atoms with Crippen LogP contribution in [0.3, 0.4) is 0 Å². The number of carbonyl (C=O) groups is 1. The van der Waals surface area contributed by atoms with Crippen LogP contribution in [-0.2, 0) is 4.79 Å². The zero-order chi connectivity index (χ0) is 11.2. The van der Waals surface area contributed by atoms with Gasteiger partial charge in [-0.05, 0) is 26.0 Å². The summed E-state index contributed by atoms with van der Waals surface area (Å²) < 4.78 is 0. The smallest absolute Gasteiger partial charge is 0.233 e. The van der Waals surface area contributed by atoms with Crippen LogP contribution in [0.5, 0.6) is 0 Å². The molecular weight excluding hydrogens is 214 g/mol. The number of nitrogens with one attached hydrogen (secondary N) is 1. The van der Waals surface area contributed by atoms with Crippen LogP contribution in [0.25, 0.3) is 0 Å². The molecule has 1 aliphatic rings. The summed E-state index contributed by atoms with van der Waals surface area (Å²) in [7, 11) is 0. The number of rotatable bonds is 0. The topological polar surface area (TPSA) is 49.3 Å². The van der Waals surface area contributed by atoms with Gasteiger partial charge in [-0.3, -0.25) is 4.79 Å². The third kappa shape index (κ3) is 1.52. The second kappa shape index (κ2) is 3.22. The van der Waals surface area contributed by atoms with Gasteiger partial charge in [0, 0.05) is 16.3 Å². The maximum atomic E-state index is 11.7. The standard InChI is InChI=1S/C11H12ClNO2/c1-11(2)9(14)7-4-3-6(12)5-8(7)13-10(11)15/h3-5,9,14H,1-2H3,(H,13,15)/t9-/m0/s1. The van der Waals surface area contributed by atoms with Crippen LogP contribution >= 0.6 is 11.6 Å². The van der Waals surface area contributed by atoms with Crippen molar-refractivity contribution >= 4 is 23.2 Å². The Kier molecular flexibility index (Phi) is 2.24. The minimum Gasteiger partial charge on any atom is -0.387 e. The highest BCUT2D eigenvalue weighted by Gasteiger charge is 2.41. The summed E-state index contributed by atoms with van der Waals surface area (Å²) in [5, 5.41) is 13.3. The van der Waals surface area contributed by atoms with E-state index in [1.807, 2.05) is 0 Å². The van der Waals surface area contributed by atoms with Gasteiger partial charge in [0.25, 0.3) is 0 Å². The highest BCUT2D eigenvalue weighted by Crippen LogP contribution is 2.42. The minimum absolute atomic E-state index is 0.190. The monoisotopic (exact) mass is 225 g/mol. The lowest BCUT2D eigenvalue weighted by molar-refractivity contribution is -0.130. The van der Waals surface area contributed by atoms with Gasteiger partial charge in [0.2, 0.25) is 5.91 Å². The van der Waals surface area contributed by atoms with Crippen LogP contribution in [0.1, 0.15) is 25.5 Å². The van der Waals surface area contributed by atoms with Crippen molar-refractivity contribution in [3.05, 3.63) is 28.8 Å². The van der Waals surface area contributed by atoms with Crippen molar-refractivity contribution in [2.75, 3.05) is 5.32 Å². The van der Waals surface area contributed by atoms with Gasteiger partial charge >= 0.3 is 0 Å².